The van der Waals surface area contributed by atoms with Crippen LogP contribution in [-0.4, -0.2) is 47.8 Å². The Labute approximate surface area is 190 Å². The van der Waals surface area contributed by atoms with E-state index in [1.807, 2.05) is 30.3 Å². The number of hydrogen-bond acceptors (Lipinski definition) is 2. The highest BCUT2D eigenvalue weighted by molar-refractivity contribution is 5.94. The SMILES string of the molecule is O=C(C#Cc1ccccc1)N1CCC2(CC1)CCN(C(=O)C=Cc1ccc(F)c(F)c1F)C2. The molecule has 2 aromatic carbocycles. The van der Waals surface area contributed by atoms with Gasteiger partial charge in [-0.05, 0) is 55.0 Å². The van der Waals surface area contributed by atoms with E-state index in [0.717, 1.165) is 43.0 Å². The summed E-state index contributed by atoms with van der Waals surface area (Å²) in [6.07, 6.45) is 4.72. The minimum absolute atomic E-state index is 0.0552. The van der Waals surface area contributed by atoms with E-state index in [0.29, 0.717) is 26.2 Å². The molecule has 2 aromatic rings. The number of carbonyl (C=O) groups is 2. The van der Waals surface area contributed by atoms with Crippen LogP contribution in [0.2, 0.25) is 0 Å². The van der Waals surface area contributed by atoms with Gasteiger partial charge in [0.05, 0.1) is 0 Å². The van der Waals surface area contributed by atoms with Crippen molar-refractivity contribution in [1.29, 1.82) is 0 Å². The highest BCUT2D eigenvalue weighted by atomic mass is 19.2. The lowest BCUT2D eigenvalue weighted by atomic mass is 9.78. The molecule has 0 aliphatic carbocycles. The van der Waals surface area contributed by atoms with Crippen LogP contribution in [0.5, 0.6) is 0 Å². The van der Waals surface area contributed by atoms with E-state index < -0.39 is 17.5 Å². The Bertz CT molecular complexity index is 1140. The summed E-state index contributed by atoms with van der Waals surface area (Å²) in [6, 6.07) is 11.3. The average Bonchev–Trinajstić information content (AvgIpc) is 3.25. The number of rotatable bonds is 2. The van der Waals surface area contributed by atoms with Crippen LogP contribution < -0.4 is 0 Å². The highest BCUT2D eigenvalue weighted by Crippen LogP contribution is 2.40. The standard InChI is InChI=1S/C26H23F3N2O2/c27-21-9-7-20(24(28)25(21)29)8-11-23(33)31-17-14-26(18-31)12-15-30(16-13-26)22(32)10-6-19-4-2-1-3-5-19/h1-5,7-9,11H,12-18H2. The van der Waals surface area contributed by atoms with Gasteiger partial charge in [0, 0.05) is 49.3 Å². The van der Waals surface area contributed by atoms with E-state index in [2.05, 4.69) is 11.8 Å². The molecular weight excluding hydrogens is 429 g/mol. The van der Waals surface area contributed by atoms with Crippen LogP contribution in [0.15, 0.2) is 48.5 Å². The molecule has 0 unspecified atom stereocenters. The number of carbonyl (C=O) groups excluding carboxylic acids is 2. The number of halogens is 3. The predicted molar refractivity (Wildman–Crippen MR) is 118 cm³/mol. The first-order chi connectivity index (χ1) is 15.9. The lowest BCUT2D eigenvalue weighted by Gasteiger charge is -2.38. The van der Waals surface area contributed by atoms with Crippen LogP contribution in [0.4, 0.5) is 13.2 Å². The molecule has 4 rings (SSSR count). The second-order valence-electron chi connectivity index (χ2n) is 8.52. The topological polar surface area (TPSA) is 40.6 Å². The van der Waals surface area contributed by atoms with Crippen molar-refractivity contribution < 1.29 is 22.8 Å². The lowest BCUT2D eigenvalue weighted by Crippen LogP contribution is -2.44. The molecule has 2 amide bonds. The molecule has 33 heavy (non-hydrogen) atoms. The molecule has 2 aliphatic rings. The molecule has 1 spiro atoms. The van der Waals surface area contributed by atoms with Gasteiger partial charge in [0.25, 0.3) is 5.91 Å². The second kappa shape index (κ2) is 9.53. The summed E-state index contributed by atoms with van der Waals surface area (Å²) in [7, 11) is 0. The molecule has 2 saturated heterocycles. The normalized spacial score (nSPS) is 17.3. The molecular formula is C26H23F3N2O2. The third-order valence-electron chi connectivity index (χ3n) is 6.42. The van der Waals surface area contributed by atoms with Crippen LogP contribution in [0.3, 0.4) is 0 Å². The largest absolute Gasteiger partial charge is 0.339 e. The maximum absolute atomic E-state index is 13.8. The van der Waals surface area contributed by atoms with Crippen molar-refractivity contribution in [3.05, 3.63) is 77.1 Å². The Morgan fingerprint density at radius 2 is 1.55 bits per heavy atom. The Balaban J connectivity index is 1.32. The van der Waals surface area contributed by atoms with Gasteiger partial charge in [-0.3, -0.25) is 9.59 Å². The Morgan fingerprint density at radius 3 is 2.24 bits per heavy atom. The minimum atomic E-state index is -1.56. The highest BCUT2D eigenvalue weighted by Gasteiger charge is 2.42. The van der Waals surface area contributed by atoms with Crippen molar-refractivity contribution in [1.82, 2.24) is 9.80 Å². The molecule has 7 heteroatoms. The van der Waals surface area contributed by atoms with Gasteiger partial charge >= 0.3 is 0 Å². The zero-order valence-electron chi connectivity index (χ0n) is 18.0. The molecule has 0 atom stereocenters. The molecule has 0 radical (unpaired) electrons. The number of benzene rings is 2. The van der Waals surface area contributed by atoms with Crippen molar-refractivity contribution in [2.75, 3.05) is 26.2 Å². The maximum atomic E-state index is 13.8. The monoisotopic (exact) mass is 452 g/mol. The fourth-order valence-corrected chi connectivity index (χ4v) is 4.38. The summed E-state index contributed by atoms with van der Waals surface area (Å²) in [5.74, 6) is 0.949. The van der Waals surface area contributed by atoms with Gasteiger partial charge in [-0.2, -0.15) is 0 Å². The molecule has 0 bridgehead atoms. The number of hydrogen-bond donors (Lipinski definition) is 0. The van der Waals surface area contributed by atoms with E-state index >= 15 is 0 Å². The molecule has 2 aliphatic heterocycles. The van der Waals surface area contributed by atoms with Crippen molar-refractivity contribution >= 4 is 17.9 Å². The molecule has 0 N–H and O–H groups in total. The van der Waals surface area contributed by atoms with Crippen molar-refractivity contribution in [2.24, 2.45) is 5.41 Å². The average molecular weight is 452 g/mol. The van der Waals surface area contributed by atoms with Crippen LogP contribution in [-0.2, 0) is 9.59 Å². The Morgan fingerprint density at radius 1 is 0.879 bits per heavy atom. The number of piperidine rings is 1. The molecule has 0 aromatic heterocycles. The summed E-state index contributed by atoms with van der Waals surface area (Å²) in [6.45, 7) is 2.28. The number of likely N-dealkylation sites (tertiary alicyclic amines) is 2. The van der Waals surface area contributed by atoms with Gasteiger partial charge in [-0.25, -0.2) is 13.2 Å². The van der Waals surface area contributed by atoms with Gasteiger partial charge in [0.2, 0.25) is 5.91 Å². The number of amides is 2. The smallest absolute Gasteiger partial charge is 0.298 e. The maximum Gasteiger partial charge on any atom is 0.298 e. The van der Waals surface area contributed by atoms with Crippen LogP contribution >= 0.6 is 0 Å². The van der Waals surface area contributed by atoms with Crippen LogP contribution in [0.25, 0.3) is 6.08 Å². The zero-order chi connectivity index (χ0) is 23.4. The van der Waals surface area contributed by atoms with Crippen LogP contribution in [0, 0.1) is 34.7 Å². The molecule has 2 heterocycles. The third kappa shape index (κ3) is 5.11. The quantitative estimate of drug-likeness (QED) is 0.393. The van der Waals surface area contributed by atoms with Gasteiger partial charge in [0.1, 0.15) is 0 Å². The van der Waals surface area contributed by atoms with E-state index in [4.69, 9.17) is 0 Å². The summed E-state index contributed by atoms with van der Waals surface area (Å²) in [4.78, 5) is 28.4. The summed E-state index contributed by atoms with van der Waals surface area (Å²) in [5, 5.41) is 0. The second-order valence-corrected chi connectivity index (χ2v) is 8.52. The molecule has 170 valence electrons. The van der Waals surface area contributed by atoms with Gasteiger partial charge in [-0.1, -0.05) is 24.1 Å². The fraction of sp³-hybridized carbons (Fsp3) is 0.308. The molecule has 4 nitrogen and oxygen atoms in total. The van der Waals surface area contributed by atoms with E-state index in [9.17, 15) is 22.8 Å². The molecule has 0 saturated carbocycles. The van der Waals surface area contributed by atoms with Crippen molar-refractivity contribution in [3.8, 4) is 11.8 Å². The first-order valence-electron chi connectivity index (χ1n) is 10.8. The Kier molecular flexibility index (Phi) is 6.55. The summed E-state index contributed by atoms with van der Waals surface area (Å²) < 4.78 is 40.2. The zero-order valence-corrected chi connectivity index (χ0v) is 18.0. The van der Waals surface area contributed by atoms with Crippen molar-refractivity contribution in [3.63, 3.8) is 0 Å². The van der Waals surface area contributed by atoms with E-state index in [1.165, 1.54) is 6.08 Å². The minimum Gasteiger partial charge on any atom is -0.339 e. The van der Waals surface area contributed by atoms with E-state index in [-0.39, 0.29) is 22.8 Å². The predicted octanol–water partition coefficient (Wildman–Crippen LogP) is 4.01. The van der Waals surface area contributed by atoms with Gasteiger partial charge < -0.3 is 9.80 Å². The fourth-order valence-electron chi connectivity index (χ4n) is 4.38. The number of nitrogens with zero attached hydrogens (tertiary/aromatic N) is 2. The lowest BCUT2D eigenvalue weighted by molar-refractivity contribution is -0.128. The molecule has 2 fully saturated rings. The van der Waals surface area contributed by atoms with Crippen molar-refractivity contribution in [2.45, 2.75) is 19.3 Å². The summed E-state index contributed by atoms with van der Waals surface area (Å²) >= 11 is 0. The van der Waals surface area contributed by atoms with Gasteiger partial charge in [-0.15, -0.1) is 0 Å². The first kappa shape index (κ1) is 22.7. The summed E-state index contributed by atoms with van der Waals surface area (Å²) in [5.41, 5.74) is 0.556. The first-order valence-corrected chi connectivity index (χ1v) is 10.8. The van der Waals surface area contributed by atoms with E-state index in [1.54, 1.807) is 9.80 Å². The Hall–Kier alpha value is -3.53. The third-order valence-corrected chi connectivity index (χ3v) is 6.42. The van der Waals surface area contributed by atoms with Gasteiger partial charge in [0.15, 0.2) is 17.5 Å². The van der Waals surface area contributed by atoms with Crippen LogP contribution in [0.1, 0.15) is 30.4 Å².